The molecule has 0 spiro atoms. The van der Waals surface area contributed by atoms with Crippen LogP contribution in [-0.2, 0) is 12.8 Å². The van der Waals surface area contributed by atoms with Gasteiger partial charge in [0.05, 0.1) is 0 Å². The average molecular weight is 294 g/mol. The van der Waals surface area contributed by atoms with Crippen LogP contribution in [0.5, 0.6) is 0 Å². The third-order valence-corrected chi connectivity index (χ3v) is 4.40. The second kappa shape index (κ2) is 5.84. The van der Waals surface area contributed by atoms with Crippen LogP contribution in [0.25, 0.3) is 0 Å². The fraction of sp³-hybridized carbons (Fsp3) is 0.316. The molecule has 3 rings (SSSR count). The zero-order chi connectivity index (χ0) is 15.7. The molecular weight excluding hydrogens is 272 g/mol. The summed E-state index contributed by atoms with van der Waals surface area (Å²) in [5.41, 5.74) is 5.50. The number of hydrogen-bond donors (Lipinski definition) is 1. The van der Waals surface area contributed by atoms with E-state index in [1.54, 1.807) is 0 Å². The zero-order valence-electron chi connectivity index (χ0n) is 13.4. The number of benzene rings is 2. The summed E-state index contributed by atoms with van der Waals surface area (Å²) in [6, 6.07) is 14.4. The van der Waals surface area contributed by atoms with Crippen LogP contribution in [-0.4, -0.2) is 12.1 Å². The Morgan fingerprint density at radius 3 is 2.77 bits per heavy atom. The Morgan fingerprint density at radius 2 is 2.00 bits per heavy atom. The molecule has 1 heterocycles. The first kappa shape index (κ1) is 14.6. The molecule has 0 aliphatic carbocycles. The van der Waals surface area contributed by atoms with E-state index >= 15 is 0 Å². The molecule has 1 aliphatic rings. The molecule has 0 radical (unpaired) electrons. The van der Waals surface area contributed by atoms with Gasteiger partial charge in [0.15, 0.2) is 0 Å². The lowest BCUT2D eigenvalue weighted by Gasteiger charge is -2.24. The van der Waals surface area contributed by atoms with Crippen LogP contribution in [0.3, 0.4) is 0 Å². The molecule has 0 saturated carbocycles. The maximum Gasteiger partial charge on any atom is 0.326 e. The van der Waals surface area contributed by atoms with E-state index in [2.05, 4.69) is 31.3 Å². The first-order chi connectivity index (χ1) is 10.6. The van der Waals surface area contributed by atoms with Crippen molar-refractivity contribution in [3.8, 4) is 0 Å². The molecule has 1 unspecified atom stereocenters. The van der Waals surface area contributed by atoms with Gasteiger partial charge in [0.2, 0.25) is 0 Å². The Balaban J connectivity index is 1.90. The lowest BCUT2D eigenvalue weighted by atomic mass is 10.1. The molecule has 0 bridgehead atoms. The molecule has 1 atom stereocenters. The monoisotopic (exact) mass is 294 g/mol. The molecule has 0 fully saturated rings. The van der Waals surface area contributed by atoms with E-state index in [1.165, 1.54) is 11.1 Å². The summed E-state index contributed by atoms with van der Waals surface area (Å²) in [6.45, 7) is 6.24. The third-order valence-electron chi connectivity index (χ3n) is 4.40. The molecule has 1 N–H and O–H groups in total. The van der Waals surface area contributed by atoms with Crippen LogP contribution in [0.15, 0.2) is 42.5 Å². The van der Waals surface area contributed by atoms with Gasteiger partial charge in [0, 0.05) is 17.4 Å². The molecule has 2 aromatic carbocycles. The summed E-state index contributed by atoms with van der Waals surface area (Å²) in [5, 5.41) is 3.13. The minimum Gasteiger partial charge on any atom is -0.307 e. The summed E-state index contributed by atoms with van der Waals surface area (Å²) in [5.74, 6) is 0. The maximum atomic E-state index is 12.8. The topological polar surface area (TPSA) is 32.3 Å². The molecule has 0 aromatic heterocycles. The highest BCUT2D eigenvalue weighted by molar-refractivity contribution is 6.04. The van der Waals surface area contributed by atoms with Crippen LogP contribution < -0.4 is 10.2 Å². The quantitative estimate of drug-likeness (QED) is 0.866. The lowest BCUT2D eigenvalue weighted by molar-refractivity contribution is 0.255. The van der Waals surface area contributed by atoms with Gasteiger partial charge in [0.25, 0.3) is 0 Å². The Bertz CT molecular complexity index is 708. The number of nitrogens with one attached hydrogen (secondary N) is 1. The molecule has 22 heavy (non-hydrogen) atoms. The molecule has 1 aliphatic heterocycles. The number of para-hydroxylation sites is 2. The van der Waals surface area contributed by atoms with E-state index in [0.717, 1.165) is 29.8 Å². The highest BCUT2D eigenvalue weighted by Crippen LogP contribution is 2.33. The van der Waals surface area contributed by atoms with E-state index in [4.69, 9.17) is 0 Å². The van der Waals surface area contributed by atoms with Gasteiger partial charge in [-0.1, -0.05) is 43.3 Å². The van der Waals surface area contributed by atoms with E-state index in [1.807, 2.05) is 42.2 Å². The number of carbonyl (C=O) groups is 1. The number of aryl methyl sites for hydroxylation is 2. The minimum absolute atomic E-state index is 0.0403. The number of carbonyl (C=O) groups excluding carboxylic acids is 1. The molecule has 2 aromatic rings. The van der Waals surface area contributed by atoms with Gasteiger partial charge in [-0.3, -0.25) is 4.90 Å². The van der Waals surface area contributed by atoms with Crippen molar-refractivity contribution in [1.82, 2.24) is 0 Å². The molecule has 114 valence electrons. The minimum atomic E-state index is -0.0403. The first-order valence-corrected chi connectivity index (χ1v) is 7.88. The number of anilines is 2. The van der Waals surface area contributed by atoms with Gasteiger partial charge >= 0.3 is 6.03 Å². The standard InChI is InChI=1S/C19H22N2O/c1-4-15-10-7-8-13(2)18(15)20-19(22)21-14(3)12-16-9-5-6-11-17(16)21/h5-11,14H,4,12H2,1-3H3,(H,20,22). The van der Waals surface area contributed by atoms with Gasteiger partial charge < -0.3 is 5.32 Å². The lowest BCUT2D eigenvalue weighted by Crippen LogP contribution is -2.39. The highest BCUT2D eigenvalue weighted by Gasteiger charge is 2.30. The van der Waals surface area contributed by atoms with Crippen molar-refractivity contribution in [2.75, 3.05) is 10.2 Å². The second-order valence-electron chi connectivity index (χ2n) is 5.94. The van der Waals surface area contributed by atoms with E-state index in [9.17, 15) is 4.79 Å². The molecular formula is C19H22N2O. The predicted molar refractivity (Wildman–Crippen MR) is 91.7 cm³/mol. The number of hydrogen-bond acceptors (Lipinski definition) is 1. The summed E-state index contributed by atoms with van der Waals surface area (Å²) in [6.07, 6.45) is 1.82. The van der Waals surface area contributed by atoms with Crippen molar-refractivity contribution in [1.29, 1.82) is 0 Å². The fourth-order valence-electron chi connectivity index (χ4n) is 3.24. The largest absolute Gasteiger partial charge is 0.326 e. The van der Waals surface area contributed by atoms with Crippen LogP contribution in [0.1, 0.15) is 30.5 Å². The average Bonchev–Trinajstić information content (AvgIpc) is 2.85. The summed E-state index contributed by atoms with van der Waals surface area (Å²) in [7, 11) is 0. The van der Waals surface area contributed by atoms with Gasteiger partial charge in [-0.05, 0) is 49.4 Å². The van der Waals surface area contributed by atoms with Crippen molar-refractivity contribution in [3.05, 3.63) is 59.2 Å². The summed E-state index contributed by atoms with van der Waals surface area (Å²) < 4.78 is 0. The number of nitrogens with zero attached hydrogens (tertiary/aromatic N) is 1. The van der Waals surface area contributed by atoms with E-state index in [-0.39, 0.29) is 12.1 Å². The Hall–Kier alpha value is -2.29. The number of urea groups is 1. The van der Waals surface area contributed by atoms with Crippen LogP contribution in [0.4, 0.5) is 16.2 Å². The smallest absolute Gasteiger partial charge is 0.307 e. The van der Waals surface area contributed by atoms with Crippen molar-refractivity contribution in [3.63, 3.8) is 0 Å². The van der Waals surface area contributed by atoms with E-state index < -0.39 is 0 Å². The predicted octanol–water partition coefficient (Wildman–Crippen LogP) is 4.54. The highest BCUT2D eigenvalue weighted by atomic mass is 16.2. The molecule has 0 saturated heterocycles. The Kier molecular flexibility index (Phi) is 3.88. The van der Waals surface area contributed by atoms with Gasteiger partial charge in [-0.25, -0.2) is 4.79 Å². The normalized spacial score (nSPS) is 16.5. The van der Waals surface area contributed by atoms with E-state index in [0.29, 0.717) is 0 Å². The first-order valence-electron chi connectivity index (χ1n) is 7.88. The zero-order valence-corrected chi connectivity index (χ0v) is 13.4. The molecule has 3 nitrogen and oxygen atoms in total. The summed E-state index contributed by atoms with van der Waals surface area (Å²) in [4.78, 5) is 14.7. The van der Waals surface area contributed by atoms with Gasteiger partial charge in [-0.2, -0.15) is 0 Å². The summed E-state index contributed by atoms with van der Waals surface area (Å²) >= 11 is 0. The van der Waals surface area contributed by atoms with Crippen molar-refractivity contribution < 1.29 is 4.79 Å². The third kappa shape index (κ3) is 2.47. The Labute approximate surface area is 132 Å². The SMILES string of the molecule is CCc1cccc(C)c1NC(=O)N1c2ccccc2CC1C. The van der Waals surface area contributed by atoms with Crippen LogP contribution in [0, 0.1) is 6.92 Å². The van der Waals surface area contributed by atoms with Crippen molar-refractivity contribution >= 4 is 17.4 Å². The number of fused-ring (bicyclic) bond motifs is 1. The number of rotatable bonds is 2. The Morgan fingerprint density at radius 1 is 1.23 bits per heavy atom. The maximum absolute atomic E-state index is 12.8. The van der Waals surface area contributed by atoms with Crippen LogP contribution in [0.2, 0.25) is 0 Å². The van der Waals surface area contributed by atoms with Gasteiger partial charge in [0.1, 0.15) is 0 Å². The van der Waals surface area contributed by atoms with Crippen molar-refractivity contribution in [2.24, 2.45) is 0 Å². The molecule has 2 amide bonds. The van der Waals surface area contributed by atoms with Crippen LogP contribution >= 0.6 is 0 Å². The van der Waals surface area contributed by atoms with Crippen molar-refractivity contribution in [2.45, 2.75) is 39.7 Å². The van der Waals surface area contributed by atoms with Gasteiger partial charge in [-0.15, -0.1) is 0 Å². The second-order valence-corrected chi connectivity index (χ2v) is 5.94. The fourth-order valence-corrected chi connectivity index (χ4v) is 3.24. The number of amides is 2. The molecule has 3 heteroatoms.